The first kappa shape index (κ1) is 19.9. The van der Waals surface area contributed by atoms with Crippen LogP contribution in [0.1, 0.15) is 0 Å². The van der Waals surface area contributed by atoms with Gasteiger partial charge in [0, 0.05) is 25.4 Å². The molecule has 8 nitrogen and oxygen atoms in total. The lowest BCUT2D eigenvalue weighted by Gasteiger charge is -2.10. The van der Waals surface area contributed by atoms with Gasteiger partial charge in [-0.15, -0.1) is 0 Å². The molecule has 0 atom stereocenters. The highest BCUT2D eigenvalue weighted by Crippen LogP contribution is 2.19. The Balaban J connectivity index is 1.53. The lowest BCUT2D eigenvalue weighted by Crippen LogP contribution is -2.29. The van der Waals surface area contributed by atoms with E-state index in [2.05, 4.69) is 30.3 Å². The predicted molar refractivity (Wildman–Crippen MR) is 105 cm³/mol. The Labute approximate surface area is 166 Å². The summed E-state index contributed by atoms with van der Waals surface area (Å²) in [5.41, 5.74) is 0. The van der Waals surface area contributed by atoms with Gasteiger partial charge in [0.2, 0.25) is 10.0 Å². The number of pyridine rings is 1. The van der Waals surface area contributed by atoms with Crippen LogP contribution in [0.15, 0.2) is 59.9 Å². The molecule has 0 aliphatic heterocycles. The smallest absolute Gasteiger partial charge is 0.240 e. The number of benzene rings is 1. The lowest BCUT2D eigenvalue weighted by molar-refractivity contribution is 0.582. The number of nitrogens with one attached hydrogen (secondary N) is 3. The fraction of sp³-hybridized carbons (Fsp3) is 0.118. The summed E-state index contributed by atoms with van der Waals surface area (Å²) in [6.07, 6.45) is 3.03. The van der Waals surface area contributed by atoms with Crippen molar-refractivity contribution in [1.29, 1.82) is 0 Å². The maximum atomic E-state index is 13.2. The standard InChI is InChI=1S/C17H16ClFN6O2S/c18-13-9-12(4-5-14(13)19)28(26,27)24-8-7-21-16-10-17(23-11-22-16)25-15-3-1-2-6-20-15/h1-6,9-11,24H,7-8H2,(H2,20,21,22,23,25). The number of nitrogens with zero attached hydrogens (tertiary/aromatic N) is 3. The van der Waals surface area contributed by atoms with Crippen LogP contribution in [0.2, 0.25) is 5.02 Å². The number of hydrogen-bond donors (Lipinski definition) is 3. The molecule has 28 heavy (non-hydrogen) atoms. The summed E-state index contributed by atoms with van der Waals surface area (Å²) >= 11 is 5.63. The molecule has 0 radical (unpaired) electrons. The Morgan fingerprint density at radius 2 is 1.79 bits per heavy atom. The van der Waals surface area contributed by atoms with E-state index in [-0.39, 0.29) is 23.0 Å². The van der Waals surface area contributed by atoms with Crippen LogP contribution in [0.25, 0.3) is 0 Å². The van der Waals surface area contributed by atoms with Crippen molar-refractivity contribution in [3.8, 4) is 0 Å². The largest absolute Gasteiger partial charge is 0.369 e. The zero-order valence-corrected chi connectivity index (χ0v) is 16.0. The first-order valence-electron chi connectivity index (χ1n) is 8.13. The van der Waals surface area contributed by atoms with E-state index < -0.39 is 15.8 Å². The number of rotatable bonds is 8. The summed E-state index contributed by atoms with van der Waals surface area (Å²) in [6, 6.07) is 10.3. The third-order valence-electron chi connectivity index (χ3n) is 3.51. The van der Waals surface area contributed by atoms with Crippen molar-refractivity contribution in [1.82, 2.24) is 19.7 Å². The molecule has 1 aromatic carbocycles. The number of anilines is 3. The van der Waals surface area contributed by atoms with Gasteiger partial charge in [-0.2, -0.15) is 0 Å². The van der Waals surface area contributed by atoms with E-state index in [4.69, 9.17) is 11.6 Å². The van der Waals surface area contributed by atoms with E-state index in [1.54, 1.807) is 24.4 Å². The molecule has 0 aliphatic carbocycles. The highest BCUT2D eigenvalue weighted by atomic mass is 35.5. The molecule has 2 aromatic heterocycles. The van der Waals surface area contributed by atoms with Crippen LogP contribution in [-0.2, 0) is 10.0 Å². The van der Waals surface area contributed by atoms with Gasteiger partial charge in [0.25, 0.3) is 0 Å². The van der Waals surface area contributed by atoms with Gasteiger partial charge >= 0.3 is 0 Å². The van der Waals surface area contributed by atoms with Crippen LogP contribution >= 0.6 is 11.6 Å². The summed E-state index contributed by atoms with van der Waals surface area (Å²) in [4.78, 5) is 12.2. The van der Waals surface area contributed by atoms with Crippen molar-refractivity contribution in [3.05, 3.63) is 65.8 Å². The molecule has 2 heterocycles. The van der Waals surface area contributed by atoms with Crippen LogP contribution in [0.4, 0.5) is 21.8 Å². The molecule has 0 fully saturated rings. The van der Waals surface area contributed by atoms with Gasteiger partial charge in [0.05, 0.1) is 9.92 Å². The summed E-state index contributed by atoms with van der Waals surface area (Å²) in [7, 11) is -3.80. The average molecular weight is 423 g/mol. The molecule has 0 saturated heterocycles. The van der Waals surface area contributed by atoms with Gasteiger partial charge in [0.1, 0.15) is 29.6 Å². The minimum atomic E-state index is -3.80. The molecule has 0 amide bonds. The zero-order chi connectivity index (χ0) is 20.0. The number of aromatic nitrogens is 3. The summed E-state index contributed by atoms with van der Waals surface area (Å²) in [5, 5.41) is 5.77. The van der Waals surface area contributed by atoms with E-state index in [9.17, 15) is 12.8 Å². The van der Waals surface area contributed by atoms with E-state index in [0.29, 0.717) is 17.5 Å². The lowest BCUT2D eigenvalue weighted by atomic mass is 10.3. The second-order valence-corrected chi connectivity index (χ2v) is 7.70. The van der Waals surface area contributed by atoms with Gasteiger partial charge < -0.3 is 10.6 Å². The van der Waals surface area contributed by atoms with E-state index in [1.807, 2.05) is 6.07 Å². The molecule has 0 unspecified atom stereocenters. The van der Waals surface area contributed by atoms with Crippen molar-refractivity contribution in [2.45, 2.75) is 4.90 Å². The molecule has 0 aliphatic rings. The van der Waals surface area contributed by atoms with Gasteiger partial charge in [-0.3, -0.25) is 0 Å². The Morgan fingerprint density at radius 1 is 0.964 bits per heavy atom. The second kappa shape index (κ2) is 8.91. The number of halogens is 2. The first-order valence-corrected chi connectivity index (χ1v) is 9.99. The SMILES string of the molecule is O=S(=O)(NCCNc1cc(Nc2ccccn2)ncn1)c1ccc(F)c(Cl)c1. The van der Waals surface area contributed by atoms with Crippen molar-refractivity contribution in [2.24, 2.45) is 0 Å². The number of hydrogen-bond acceptors (Lipinski definition) is 7. The van der Waals surface area contributed by atoms with Crippen LogP contribution in [0.3, 0.4) is 0 Å². The van der Waals surface area contributed by atoms with Crippen molar-refractivity contribution in [2.75, 3.05) is 23.7 Å². The summed E-state index contributed by atoms with van der Waals surface area (Å²) < 4.78 is 40.0. The second-order valence-electron chi connectivity index (χ2n) is 5.53. The first-order chi connectivity index (χ1) is 13.4. The fourth-order valence-electron chi connectivity index (χ4n) is 2.19. The quantitative estimate of drug-likeness (QED) is 0.479. The molecule has 11 heteroatoms. The van der Waals surface area contributed by atoms with Crippen LogP contribution in [0.5, 0.6) is 0 Å². The van der Waals surface area contributed by atoms with Crippen LogP contribution in [-0.4, -0.2) is 36.5 Å². The third-order valence-corrected chi connectivity index (χ3v) is 5.26. The molecular weight excluding hydrogens is 407 g/mol. The maximum Gasteiger partial charge on any atom is 0.240 e. The van der Waals surface area contributed by atoms with Gasteiger partial charge in [-0.25, -0.2) is 32.5 Å². The van der Waals surface area contributed by atoms with Crippen LogP contribution < -0.4 is 15.4 Å². The number of sulfonamides is 1. The summed E-state index contributed by atoms with van der Waals surface area (Å²) in [5.74, 6) is 1.01. The Hall–Kier alpha value is -2.82. The fourth-order valence-corrected chi connectivity index (χ4v) is 3.50. The Bertz CT molecular complexity index is 1050. The third kappa shape index (κ3) is 5.35. The van der Waals surface area contributed by atoms with E-state index in [0.717, 1.165) is 18.2 Å². The molecule has 3 aromatic rings. The predicted octanol–water partition coefficient (Wildman–Crippen LogP) is 2.80. The van der Waals surface area contributed by atoms with Gasteiger partial charge in [0.15, 0.2) is 0 Å². The average Bonchev–Trinajstić information content (AvgIpc) is 2.68. The molecule has 0 bridgehead atoms. The molecule has 3 N–H and O–H groups in total. The molecule has 3 rings (SSSR count). The minimum absolute atomic E-state index is 0.0876. The van der Waals surface area contributed by atoms with Crippen molar-refractivity contribution in [3.63, 3.8) is 0 Å². The highest BCUT2D eigenvalue weighted by molar-refractivity contribution is 7.89. The molecule has 146 valence electrons. The minimum Gasteiger partial charge on any atom is -0.369 e. The van der Waals surface area contributed by atoms with Crippen molar-refractivity contribution >= 4 is 39.1 Å². The monoisotopic (exact) mass is 422 g/mol. The van der Waals surface area contributed by atoms with E-state index >= 15 is 0 Å². The summed E-state index contributed by atoms with van der Waals surface area (Å²) in [6.45, 7) is 0.360. The highest BCUT2D eigenvalue weighted by Gasteiger charge is 2.15. The Morgan fingerprint density at radius 3 is 2.54 bits per heavy atom. The van der Waals surface area contributed by atoms with E-state index in [1.165, 1.54) is 6.33 Å². The van der Waals surface area contributed by atoms with Gasteiger partial charge in [-0.1, -0.05) is 17.7 Å². The van der Waals surface area contributed by atoms with Crippen molar-refractivity contribution < 1.29 is 12.8 Å². The zero-order valence-electron chi connectivity index (χ0n) is 14.4. The van der Waals surface area contributed by atoms with Crippen LogP contribution in [0, 0.1) is 5.82 Å². The normalized spacial score (nSPS) is 11.2. The topological polar surface area (TPSA) is 109 Å². The van der Waals surface area contributed by atoms with Gasteiger partial charge in [-0.05, 0) is 30.3 Å². The maximum absolute atomic E-state index is 13.2. The molecule has 0 spiro atoms. The Kier molecular flexibility index (Phi) is 6.34. The molecular formula is C17H16ClFN6O2S. The molecule has 0 saturated carbocycles.